The topological polar surface area (TPSA) is 60.9 Å². The van der Waals surface area contributed by atoms with Gasteiger partial charge in [-0.25, -0.2) is 4.68 Å². The van der Waals surface area contributed by atoms with Crippen LogP contribution in [-0.4, -0.2) is 9.78 Å². The zero-order valence-corrected chi connectivity index (χ0v) is 11.6. The summed E-state index contributed by atoms with van der Waals surface area (Å²) in [6.07, 6.45) is 0. The number of nitrogens with zero attached hydrogens (tertiary/aromatic N) is 2. The van der Waals surface area contributed by atoms with Crippen molar-refractivity contribution in [3.8, 4) is 0 Å². The molecule has 1 atom stereocenters. The number of hydrogen-bond acceptors (Lipinski definition) is 3. The molecule has 0 saturated heterocycles. The van der Waals surface area contributed by atoms with Crippen LogP contribution in [0.2, 0.25) is 0 Å². The Balaban J connectivity index is 2.40. The first-order valence-electron chi connectivity index (χ1n) is 6.43. The molecule has 1 heterocycles. The molecule has 0 fully saturated rings. The first-order valence-corrected chi connectivity index (χ1v) is 6.43. The van der Waals surface area contributed by atoms with Crippen molar-refractivity contribution in [2.24, 2.45) is 5.73 Å². The highest BCUT2D eigenvalue weighted by atomic mass is 16.1. The molecule has 4 heteroatoms. The van der Waals surface area contributed by atoms with E-state index in [9.17, 15) is 4.79 Å². The molecule has 2 N–H and O–H groups in total. The summed E-state index contributed by atoms with van der Waals surface area (Å²) in [6.45, 7) is 6.57. The van der Waals surface area contributed by atoms with Crippen molar-refractivity contribution in [3.05, 3.63) is 63.1 Å². The Labute approximate surface area is 112 Å². The maximum absolute atomic E-state index is 11.5. The lowest BCUT2D eigenvalue weighted by Crippen LogP contribution is -2.25. The average molecular weight is 257 g/mol. The summed E-state index contributed by atoms with van der Waals surface area (Å²) in [5, 5.41) is 4.30. The van der Waals surface area contributed by atoms with Crippen LogP contribution in [-0.2, 0) is 6.54 Å². The average Bonchev–Trinajstić information content (AvgIpc) is 2.41. The fourth-order valence-electron chi connectivity index (χ4n) is 1.99. The van der Waals surface area contributed by atoms with Gasteiger partial charge in [0.25, 0.3) is 5.56 Å². The third kappa shape index (κ3) is 2.74. The molecule has 2 aromatic rings. The summed E-state index contributed by atoms with van der Waals surface area (Å²) in [6, 6.07) is 9.05. The van der Waals surface area contributed by atoms with E-state index in [0.717, 1.165) is 5.56 Å². The minimum Gasteiger partial charge on any atom is -0.319 e. The second kappa shape index (κ2) is 5.36. The van der Waals surface area contributed by atoms with Crippen molar-refractivity contribution in [1.82, 2.24) is 9.78 Å². The molecule has 4 nitrogen and oxygen atoms in total. The molecule has 1 aromatic heterocycles. The Hall–Kier alpha value is -1.94. The molecule has 0 radical (unpaired) electrons. The van der Waals surface area contributed by atoms with Crippen LogP contribution in [0.25, 0.3) is 0 Å². The van der Waals surface area contributed by atoms with E-state index >= 15 is 0 Å². The summed E-state index contributed by atoms with van der Waals surface area (Å²) in [5.74, 6) is 0. The van der Waals surface area contributed by atoms with Crippen LogP contribution >= 0.6 is 0 Å². The molecule has 1 aromatic carbocycles. The first-order chi connectivity index (χ1) is 9.02. The highest BCUT2D eigenvalue weighted by Crippen LogP contribution is 2.19. The molecule has 0 bridgehead atoms. The lowest BCUT2D eigenvalue weighted by atomic mass is 9.99. The highest BCUT2D eigenvalue weighted by Gasteiger charge is 2.12. The van der Waals surface area contributed by atoms with Gasteiger partial charge in [-0.1, -0.05) is 18.2 Å². The Bertz CT molecular complexity index is 646. The van der Waals surface area contributed by atoms with Crippen LogP contribution in [0.15, 0.2) is 35.1 Å². The summed E-state index contributed by atoms with van der Waals surface area (Å²) in [4.78, 5) is 11.5. The van der Waals surface area contributed by atoms with Crippen LogP contribution in [0.4, 0.5) is 0 Å². The predicted molar refractivity (Wildman–Crippen MR) is 76.1 cm³/mol. The van der Waals surface area contributed by atoms with E-state index in [2.05, 4.69) is 31.1 Å². The molecular weight excluding hydrogens is 238 g/mol. The SMILES string of the molecule is CCn1nc(C(N)c2ccc(C)c(C)c2)ccc1=O. The van der Waals surface area contributed by atoms with Crippen molar-refractivity contribution in [1.29, 1.82) is 0 Å². The molecule has 0 amide bonds. The van der Waals surface area contributed by atoms with Gasteiger partial charge in [-0.15, -0.1) is 0 Å². The zero-order chi connectivity index (χ0) is 14.0. The van der Waals surface area contributed by atoms with Crippen LogP contribution in [0, 0.1) is 13.8 Å². The summed E-state index contributed by atoms with van der Waals surface area (Å²) >= 11 is 0. The van der Waals surface area contributed by atoms with Gasteiger partial charge in [0.05, 0.1) is 11.7 Å². The zero-order valence-electron chi connectivity index (χ0n) is 11.6. The van der Waals surface area contributed by atoms with E-state index in [-0.39, 0.29) is 11.6 Å². The number of hydrogen-bond donors (Lipinski definition) is 1. The smallest absolute Gasteiger partial charge is 0.266 e. The van der Waals surface area contributed by atoms with Crippen molar-refractivity contribution in [2.75, 3.05) is 0 Å². The van der Waals surface area contributed by atoms with Gasteiger partial charge in [0, 0.05) is 12.6 Å². The van der Waals surface area contributed by atoms with E-state index in [1.54, 1.807) is 6.07 Å². The highest BCUT2D eigenvalue weighted by molar-refractivity contribution is 5.34. The molecule has 0 aliphatic heterocycles. The second-order valence-corrected chi connectivity index (χ2v) is 4.73. The molecular formula is C15H19N3O. The van der Waals surface area contributed by atoms with E-state index < -0.39 is 0 Å². The molecule has 0 spiro atoms. The van der Waals surface area contributed by atoms with Gasteiger partial charge in [0.15, 0.2) is 0 Å². The normalized spacial score (nSPS) is 12.4. The fraction of sp³-hybridized carbons (Fsp3) is 0.333. The van der Waals surface area contributed by atoms with E-state index in [4.69, 9.17) is 5.73 Å². The summed E-state index contributed by atoms with van der Waals surface area (Å²) < 4.78 is 1.43. The third-order valence-corrected chi connectivity index (χ3v) is 3.40. The lowest BCUT2D eigenvalue weighted by molar-refractivity contribution is 0.587. The maximum Gasteiger partial charge on any atom is 0.266 e. The molecule has 2 rings (SSSR count). The van der Waals surface area contributed by atoms with Gasteiger partial charge in [0.1, 0.15) is 0 Å². The second-order valence-electron chi connectivity index (χ2n) is 4.73. The van der Waals surface area contributed by atoms with Gasteiger partial charge in [-0.3, -0.25) is 4.79 Å². The molecule has 0 aliphatic carbocycles. The maximum atomic E-state index is 11.5. The largest absolute Gasteiger partial charge is 0.319 e. The van der Waals surface area contributed by atoms with Gasteiger partial charge < -0.3 is 5.73 Å². The summed E-state index contributed by atoms with van der Waals surface area (Å²) in [7, 11) is 0. The van der Waals surface area contributed by atoms with Gasteiger partial charge in [0.2, 0.25) is 0 Å². The first kappa shape index (κ1) is 13.5. The van der Waals surface area contributed by atoms with Crippen molar-refractivity contribution < 1.29 is 0 Å². The summed E-state index contributed by atoms with van der Waals surface area (Å²) in [5.41, 5.74) is 10.3. The quantitative estimate of drug-likeness (QED) is 0.914. The van der Waals surface area contributed by atoms with Crippen LogP contribution < -0.4 is 11.3 Å². The van der Waals surface area contributed by atoms with Gasteiger partial charge in [-0.2, -0.15) is 5.10 Å². The minimum absolute atomic E-state index is 0.0986. The van der Waals surface area contributed by atoms with Gasteiger partial charge in [-0.05, 0) is 43.5 Å². The number of nitrogens with two attached hydrogens (primary N) is 1. The van der Waals surface area contributed by atoms with Crippen molar-refractivity contribution in [2.45, 2.75) is 33.4 Å². The Kier molecular flexibility index (Phi) is 3.81. The van der Waals surface area contributed by atoms with E-state index in [1.807, 2.05) is 13.0 Å². The Morgan fingerprint density at radius 1 is 1.21 bits per heavy atom. The number of aryl methyl sites for hydroxylation is 3. The van der Waals surface area contributed by atoms with E-state index in [1.165, 1.54) is 21.9 Å². The van der Waals surface area contributed by atoms with Crippen LogP contribution in [0.1, 0.15) is 35.3 Å². The molecule has 100 valence electrons. The standard InChI is InChI=1S/C15H19N3O/c1-4-18-14(19)8-7-13(17-18)15(16)12-6-5-10(2)11(3)9-12/h5-9,15H,4,16H2,1-3H3. The number of benzene rings is 1. The third-order valence-electron chi connectivity index (χ3n) is 3.40. The fourth-order valence-corrected chi connectivity index (χ4v) is 1.99. The number of rotatable bonds is 3. The van der Waals surface area contributed by atoms with E-state index in [0.29, 0.717) is 12.2 Å². The molecule has 19 heavy (non-hydrogen) atoms. The number of aromatic nitrogens is 2. The Morgan fingerprint density at radius 2 is 1.95 bits per heavy atom. The van der Waals surface area contributed by atoms with Crippen molar-refractivity contribution in [3.63, 3.8) is 0 Å². The minimum atomic E-state index is -0.308. The lowest BCUT2D eigenvalue weighted by Gasteiger charge is -2.14. The monoisotopic (exact) mass is 257 g/mol. The molecule has 1 unspecified atom stereocenters. The van der Waals surface area contributed by atoms with Gasteiger partial charge >= 0.3 is 0 Å². The molecule has 0 saturated carbocycles. The van der Waals surface area contributed by atoms with Crippen LogP contribution in [0.3, 0.4) is 0 Å². The Morgan fingerprint density at radius 3 is 2.58 bits per heavy atom. The van der Waals surface area contributed by atoms with Crippen LogP contribution in [0.5, 0.6) is 0 Å². The molecule has 0 aliphatic rings. The predicted octanol–water partition coefficient (Wildman–Crippen LogP) is 1.93. The van der Waals surface area contributed by atoms with Crippen molar-refractivity contribution >= 4 is 0 Å².